The van der Waals surface area contributed by atoms with E-state index in [9.17, 15) is 4.79 Å². The molecule has 0 aliphatic carbocycles. The van der Waals surface area contributed by atoms with Gasteiger partial charge in [0.05, 0.1) is 0 Å². The maximum Gasteiger partial charge on any atom is 0.253 e. The average Bonchev–Trinajstić information content (AvgIpc) is 2.38. The van der Waals surface area contributed by atoms with Crippen LogP contribution in [0, 0.1) is 11.8 Å². The molecule has 0 unspecified atom stereocenters. The monoisotopic (exact) mass is 276 g/mol. The Hall–Kier alpha value is -1.51. The molecule has 112 valence electrons. The Morgan fingerprint density at radius 2 is 1.45 bits per heavy atom. The summed E-state index contributed by atoms with van der Waals surface area (Å²) in [6.45, 7) is 10.4. The van der Waals surface area contributed by atoms with Gasteiger partial charge in [0, 0.05) is 24.3 Å². The molecule has 1 rings (SSSR count). The van der Waals surface area contributed by atoms with Crippen LogP contribution in [0.15, 0.2) is 24.3 Å². The lowest BCUT2D eigenvalue weighted by atomic mass is 10.1. The van der Waals surface area contributed by atoms with Gasteiger partial charge in [0.25, 0.3) is 5.91 Å². The summed E-state index contributed by atoms with van der Waals surface area (Å²) in [6.07, 6.45) is 2.08. The molecule has 0 atom stereocenters. The summed E-state index contributed by atoms with van der Waals surface area (Å²) < 4.78 is 0. The standard InChI is InChI=1S/C17H28N2O/c1-13(2)9-11-19(12-10-14(3)4)17(20)15-5-7-16(18)8-6-15/h5-8,13-14H,9-12,18H2,1-4H3. The van der Waals surface area contributed by atoms with Gasteiger partial charge in [-0.05, 0) is 48.9 Å². The van der Waals surface area contributed by atoms with Crippen LogP contribution in [0.25, 0.3) is 0 Å². The molecule has 0 saturated heterocycles. The lowest BCUT2D eigenvalue weighted by Crippen LogP contribution is -2.34. The zero-order valence-corrected chi connectivity index (χ0v) is 13.2. The molecule has 3 nitrogen and oxygen atoms in total. The van der Waals surface area contributed by atoms with Crippen molar-refractivity contribution in [3.8, 4) is 0 Å². The molecule has 20 heavy (non-hydrogen) atoms. The smallest absolute Gasteiger partial charge is 0.253 e. The molecule has 0 bridgehead atoms. The fourth-order valence-corrected chi connectivity index (χ4v) is 1.95. The number of amides is 1. The van der Waals surface area contributed by atoms with E-state index in [1.807, 2.05) is 17.0 Å². The van der Waals surface area contributed by atoms with E-state index in [-0.39, 0.29) is 5.91 Å². The second kappa shape index (κ2) is 7.93. The third kappa shape index (κ3) is 5.64. The summed E-state index contributed by atoms with van der Waals surface area (Å²) in [4.78, 5) is 14.5. The largest absolute Gasteiger partial charge is 0.399 e. The summed E-state index contributed by atoms with van der Waals surface area (Å²) in [7, 11) is 0. The molecular weight excluding hydrogens is 248 g/mol. The molecule has 0 heterocycles. The van der Waals surface area contributed by atoms with E-state index < -0.39 is 0 Å². The molecule has 0 aliphatic heterocycles. The number of nitrogens with zero attached hydrogens (tertiary/aromatic N) is 1. The molecular formula is C17H28N2O. The summed E-state index contributed by atoms with van der Waals surface area (Å²) >= 11 is 0. The van der Waals surface area contributed by atoms with E-state index in [0.29, 0.717) is 17.5 Å². The van der Waals surface area contributed by atoms with Crippen molar-refractivity contribution in [2.24, 2.45) is 11.8 Å². The Morgan fingerprint density at radius 3 is 1.85 bits per heavy atom. The number of nitrogens with two attached hydrogens (primary N) is 1. The van der Waals surface area contributed by atoms with Crippen LogP contribution < -0.4 is 5.73 Å². The van der Waals surface area contributed by atoms with Gasteiger partial charge in [0.15, 0.2) is 0 Å². The van der Waals surface area contributed by atoms with Crippen LogP contribution in [-0.4, -0.2) is 23.9 Å². The van der Waals surface area contributed by atoms with E-state index in [1.54, 1.807) is 12.1 Å². The molecule has 0 radical (unpaired) electrons. The minimum absolute atomic E-state index is 0.117. The summed E-state index contributed by atoms with van der Waals surface area (Å²) in [5.41, 5.74) is 7.10. The number of carbonyl (C=O) groups excluding carboxylic acids is 1. The number of nitrogen functional groups attached to an aromatic ring is 1. The molecule has 1 aromatic rings. The zero-order chi connectivity index (χ0) is 15.1. The normalized spacial score (nSPS) is 11.1. The summed E-state index contributed by atoms with van der Waals surface area (Å²) in [5.74, 6) is 1.33. The Labute approximate surface area is 123 Å². The Kier molecular flexibility index (Phi) is 6.56. The van der Waals surface area contributed by atoms with Crippen LogP contribution in [0.1, 0.15) is 50.9 Å². The first-order valence-corrected chi connectivity index (χ1v) is 7.55. The second-order valence-corrected chi connectivity index (χ2v) is 6.28. The maximum absolute atomic E-state index is 12.6. The van der Waals surface area contributed by atoms with Crippen LogP contribution in [0.4, 0.5) is 5.69 Å². The minimum Gasteiger partial charge on any atom is -0.399 e. The van der Waals surface area contributed by atoms with Crippen LogP contribution in [-0.2, 0) is 0 Å². The van der Waals surface area contributed by atoms with E-state index in [2.05, 4.69) is 27.7 Å². The molecule has 1 amide bonds. The molecule has 3 heteroatoms. The first kappa shape index (κ1) is 16.5. The van der Waals surface area contributed by atoms with E-state index in [4.69, 9.17) is 5.73 Å². The van der Waals surface area contributed by atoms with Gasteiger partial charge >= 0.3 is 0 Å². The van der Waals surface area contributed by atoms with Crippen molar-refractivity contribution < 1.29 is 4.79 Å². The average molecular weight is 276 g/mol. The lowest BCUT2D eigenvalue weighted by Gasteiger charge is -2.24. The van der Waals surface area contributed by atoms with Crippen LogP contribution in [0.5, 0.6) is 0 Å². The molecule has 2 N–H and O–H groups in total. The highest BCUT2D eigenvalue weighted by molar-refractivity contribution is 5.94. The molecule has 0 saturated carbocycles. The van der Waals surface area contributed by atoms with E-state index in [0.717, 1.165) is 31.5 Å². The molecule has 0 aliphatic rings. The molecule has 0 spiro atoms. The second-order valence-electron chi connectivity index (χ2n) is 6.28. The van der Waals surface area contributed by atoms with Crippen LogP contribution >= 0.6 is 0 Å². The van der Waals surface area contributed by atoms with Crippen molar-refractivity contribution in [2.75, 3.05) is 18.8 Å². The maximum atomic E-state index is 12.6. The van der Waals surface area contributed by atoms with Crippen molar-refractivity contribution >= 4 is 11.6 Å². The zero-order valence-electron chi connectivity index (χ0n) is 13.2. The number of benzene rings is 1. The predicted molar refractivity (Wildman–Crippen MR) is 85.7 cm³/mol. The first-order valence-electron chi connectivity index (χ1n) is 7.55. The Balaban J connectivity index is 2.74. The van der Waals surface area contributed by atoms with Crippen LogP contribution in [0.2, 0.25) is 0 Å². The van der Waals surface area contributed by atoms with Gasteiger partial charge in [0.1, 0.15) is 0 Å². The number of anilines is 1. The van der Waals surface area contributed by atoms with Gasteiger partial charge in [-0.1, -0.05) is 27.7 Å². The topological polar surface area (TPSA) is 46.3 Å². The highest BCUT2D eigenvalue weighted by Crippen LogP contribution is 2.12. The van der Waals surface area contributed by atoms with Crippen molar-refractivity contribution in [1.29, 1.82) is 0 Å². The fourth-order valence-electron chi connectivity index (χ4n) is 1.95. The van der Waals surface area contributed by atoms with Crippen molar-refractivity contribution in [2.45, 2.75) is 40.5 Å². The van der Waals surface area contributed by atoms with Gasteiger partial charge in [-0.15, -0.1) is 0 Å². The van der Waals surface area contributed by atoms with Crippen molar-refractivity contribution in [1.82, 2.24) is 4.90 Å². The number of hydrogen-bond acceptors (Lipinski definition) is 2. The van der Waals surface area contributed by atoms with Gasteiger partial charge in [-0.3, -0.25) is 4.79 Å². The third-order valence-corrected chi connectivity index (χ3v) is 3.40. The predicted octanol–water partition coefficient (Wildman–Crippen LogP) is 3.80. The SMILES string of the molecule is CC(C)CCN(CCC(C)C)C(=O)c1ccc(N)cc1. The number of hydrogen-bond donors (Lipinski definition) is 1. The van der Waals surface area contributed by atoms with Crippen molar-refractivity contribution in [3.63, 3.8) is 0 Å². The van der Waals surface area contributed by atoms with Gasteiger partial charge in [-0.2, -0.15) is 0 Å². The summed E-state index contributed by atoms with van der Waals surface area (Å²) in [6, 6.07) is 7.21. The third-order valence-electron chi connectivity index (χ3n) is 3.40. The minimum atomic E-state index is 0.117. The van der Waals surface area contributed by atoms with Gasteiger partial charge in [-0.25, -0.2) is 0 Å². The van der Waals surface area contributed by atoms with Crippen molar-refractivity contribution in [3.05, 3.63) is 29.8 Å². The van der Waals surface area contributed by atoms with E-state index in [1.165, 1.54) is 0 Å². The number of carbonyl (C=O) groups is 1. The Morgan fingerprint density at radius 1 is 1.00 bits per heavy atom. The molecule has 0 fully saturated rings. The quantitative estimate of drug-likeness (QED) is 0.770. The van der Waals surface area contributed by atoms with Gasteiger partial charge in [0.2, 0.25) is 0 Å². The molecule has 1 aromatic carbocycles. The number of rotatable bonds is 7. The lowest BCUT2D eigenvalue weighted by molar-refractivity contribution is 0.0741. The highest BCUT2D eigenvalue weighted by Gasteiger charge is 2.16. The van der Waals surface area contributed by atoms with E-state index >= 15 is 0 Å². The highest BCUT2D eigenvalue weighted by atomic mass is 16.2. The molecule has 0 aromatic heterocycles. The Bertz CT molecular complexity index is 398. The van der Waals surface area contributed by atoms with Crippen LogP contribution in [0.3, 0.4) is 0 Å². The summed E-state index contributed by atoms with van der Waals surface area (Å²) in [5, 5.41) is 0. The first-order chi connectivity index (χ1) is 9.40. The van der Waals surface area contributed by atoms with Gasteiger partial charge < -0.3 is 10.6 Å². The fraction of sp³-hybridized carbons (Fsp3) is 0.588.